The summed E-state index contributed by atoms with van der Waals surface area (Å²) in [5.74, 6) is -2.94. The van der Waals surface area contributed by atoms with Gasteiger partial charge in [0.05, 0.1) is 37.2 Å². The number of allylic oxidation sites excluding steroid dienone is 1. The van der Waals surface area contributed by atoms with Gasteiger partial charge in [0.1, 0.15) is 11.6 Å². The Morgan fingerprint density at radius 2 is 1.97 bits per heavy atom. The number of aliphatic hydroxyl groups is 1. The number of alkyl halides is 1. The van der Waals surface area contributed by atoms with Gasteiger partial charge in [-0.25, -0.2) is 0 Å². The van der Waals surface area contributed by atoms with Crippen LogP contribution in [0.3, 0.4) is 0 Å². The van der Waals surface area contributed by atoms with Gasteiger partial charge in [0, 0.05) is 16.9 Å². The second-order valence-electron chi connectivity index (χ2n) is 11.5. The number of likely N-dealkylation sites (tertiary alicyclic amines) is 1. The number of benzene rings is 1. The highest BCUT2D eigenvalue weighted by Crippen LogP contribution is 2.61. The van der Waals surface area contributed by atoms with Crippen molar-refractivity contribution in [2.75, 3.05) is 19.8 Å². The highest BCUT2D eigenvalue weighted by atomic mass is 79.9. The van der Waals surface area contributed by atoms with Crippen molar-refractivity contribution >= 4 is 33.7 Å². The first kappa shape index (κ1) is 29.5. The van der Waals surface area contributed by atoms with Gasteiger partial charge in [-0.15, -0.1) is 13.2 Å². The van der Waals surface area contributed by atoms with E-state index in [1.54, 1.807) is 17.1 Å². The fraction of sp³-hybridized carbons (Fsp3) is 0.567. The summed E-state index contributed by atoms with van der Waals surface area (Å²) in [6.45, 7) is 13.4. The van der Waals surface area contributed by atoms with Gasteiger partial charge >= 0.3 is 5.97 Å². The zero-order chi connectivity index (χ0) is 28.5. The summed E-state index contributed by atoms with van der Waals surface area (Å²) in [6.07, 6.45) is 4.52. The molecule has 3 heterocycles. The summed E-state index contributed by atoms with van der Waals surface area (Å²) in [5.41, 5.74) is -1.13. The smallest absolute Gasteiger partial charge is 0.312 e. The number of hydrogen-bond acceptors (Lipinski definition) is 6. The Hall–Kier alpha value is -2.49. The van der Waals surface area contributed by atoms with Gasteiger partial charge in [0.2, 0.25) is 11.8 Å². The predicted molar refractivity (Wildman–Crippen MR) is 151 cm³/mol. The Bertz CT molecular complexity index is 1100. The van der Waals surface area contributed by atoms with E-state index in [0.29, 0.717) is 24.8 Å². The van der Waals surface area contributed by atoms with Gasteiger partial charge in [-0.05, 0) is 45.6 Å². The van der Waals surface area contributed by atoms with Gasteiger partial charge in [0.15, 0.2) is 0 Å². The Labute approximate surface area is 239 Å². The van der Waals surface area contributed by atoms with Crippen LogP contribution < -0.4 is 0 Å². The van der Waals surface area contributed by atoms with Crippen LogP contribution in [0.2, 0.25) is 0 Å². The third-order valence-electron chi connectivity index (χ3n) is 8.11. The molecule has 8 nitrogen and oxygen atoms in total. The van der Waals surface area contributed by atoms with Crippen molar-refractivity contribution in [1.29, 1.82) is 0 Å². The first-order chi connectivity index (χ1) is 18.5. The molecule has 3 fully saturated rings. The maximum atomic E-state index is 14.5. The average Bonchev–Trinajstić information content (AvgIpc) is 3.49. The van der Waals surface area contributed by atoms with Crippen LogP contribution in [0.25, 0.3) is 0 Å². The number of hydrogen-bond donors (Lipinski definition) is 1. The molecule has 1 aromatic carbocycles. The van der Waals surface area contributed by atoms with E-state index in [9.17, 15) is 19.5 Å². The van der Waals surface area contributed by atoms with Crippen molar-refractivity contribution in [3.63, 3.8) is 0 Å². The molecule has 0 aromatic heterocycles. The van der Waals surface area contributed by atoms with E-state index in [1.807, 2.05) is 51.1 Å². The minimum atomic E-state index is -1.25. The number of carbonyl (C=O) groups excluding carboxylic acids is 3. The molecule has 3 aliphatic rings. The molecule has 3 unspecified atom stereocenters. The molecule has 9 heteroatoms. The molecule has 3 aliphatic heterocycles. The monoisotopic (exact) mass is 602 g/mol. The van der Waals surface area contributed by atoms with E-state index in [0.717, 1.165) is 0 Å². The lowest BCUT2D eigenvalue weighted by Gasteiger charge is -2.43. The van der Waals surface area contributed by atoms with Crippen LogP contribution in [0.1, 0.15) is 51.6 Å². The van der Waals surface area contributed by atoms with Crippen LogP contribution in [0.15, 0.2) is 55.6 Å². The van der Waals surface area contributed by atoms with E-state index in [4.69, 9.17) is 9.47 Å². The standard InChI is InChI=1S/C30H39BrN2O6/c1-6-8-12-16-38-28(37)22-23-26(35)33(21(18-34)19-13-10-9-11-14-19)25(30(23)17-20(31)24(22)39-30)27(36)32(15-7-2)29(3,4)5/h6-7,9-11,13-14,20-25,34H,1-2,8,12,15-18H2,3-5H3/t20?,21-,22-,23+,24-,25?,30?/m1/s1. The maximum absolute atomic E-state index is 14.5. The molecule has 39 heavy (non-hydrogen) atoms. The summed E-state index contributed by atoms with van der Waals surface area (Å²) in [6, 6.07) is 7.31. The highest BCUT2D eigenvalue weighted by Gasteiger charge is 2.77. The van der Waals surface area contributed by atoms with Crippen LogP contribution >= 0.6 is 15.9 Å². The van der Waals surface area contributed by atoms with Crippen molar-refractivity contribution in [2.45, 2.75) is 74.2 Å². The number of esters is 1. The number of unbranched alkanes of at least 4 members (excludes halogenated alkanes) is 1. The third-order valence-corrected chi connectivity index (χ3v) is 8.96. The lowest BCUT2D eigenvalue weighted by Crippen LogP contribution is -2.60. The third kappa shape index (κ3) is 5.09. The summed E-state index contributed by atoms with van der Waals surface area (Å²) < 4.78 is 12.2. The maximum Gasteiger partial charge on any atom is 0.312 e. The molecule has 3 saturated heterocycles. The largest absolute Gasteiger partial charge is 0.465 e. The Balaban J connectivity index is 1.81. The number of carbonyl (C=O) groups is 3. The Kier molecular flexibility index (Phi) is 8.73. The number of aliphatic hydroxyl groups excluding tert-OH is 1. The molecule has 0 radical (unpaired) electrons. The summed E-state index contributed by atoms with van der Waals surface area (Å²) in [7, 11) is 0. The zero-order valence-electron chi connectivity index (χ0n) is 22.9. The number of nitrogens with zero attached hydrogens (tertiary/aromatic N) is 2. The molecule has 1 N–H and O–H groups in total. The fourth-order valence-corrected chi connectivity index (χ4v) is 7.39. The lowest BCUT2D eigenvalue weighted by atomic mass is 9.70. The molecule has 0 saturated carbocycles. The van der Waals surface area contributed by atoms with E-state index >= 15 is 0 Å². The first-order valence-electron chi connectivity index (χ1n) is 13.5. The highest BCUT2D eigenvalue weighted by molar-refractivity contribution is 9.09. The summed E-state index contributed by atoms with van der Waals surface area (Å²) >= 11 is 3.68. The molecule has 2 amide bonds. The summed E-state index contributed by atoms with van der Waals surface area (Å²) in [5, 5.41) is 10.6. The van der Waals surface area contributed by atoms with Crippen LogP contribution in [-0.4, -0.2) is 80.6 Å². The minimum absolute atomic E-state index is 0.210. The fourth-order valence-electron chi connectivity index (χ4n) is 6.45. The number of amides is 2. The molecule has 7 atom stereocenters. The van der Waals surface area contributed by atoms with Crippen molar-refractivity contribution in [2.24, 2.45) is 11.8 Å². The summed E-state index contributed by atoms with van der Waals surface area (Å²) in [4.78, 5) is 45.3. The normalized spacial score (nSPS) is 30.1. The van der Waals surface area contributed by atoms with Crippen molar-refractivity contribution in [3.05, 3.63) is 61.2 Å². The minimum Gasteiger partial charge on any atom is -0.465 e. The molecular formula is C30H39BrN2O6. The quantitative estimate of drug-likeness (QED) is 0.179. The van der Waals surface area contributed by atoms with Crippen LogP contribution in [0.4, 0.5) is 0 Å². The van der Waals surface area contributed by atoms with Gasteiger partial charge in [-0.2, -0.15) is 0 Å². The number of rotatable bonds is 11. The van der Waals surface area contributed by atoms with E-state index in [-0.39, 0.29) is 29.8 Å². The van der Waals surface area contributed by atoms with Gasteiger partial charge < -0.3 is 24.4 Å². The molecule has 4 rings (SSSR count). The van der Waals surface area contributed by atoms with E-state index < -0.39 is 53.7 Å². The first-order valence-corrected chi connectivity index (χ1v) is 14.4. The molecule has 1 spiro atoms. The van der Waals surface area contributed by atoms with Crippen molar-refractivity contribution < 1.29 is 29.0 Å². The number of halogens is 1. The van der Waals surface area contributed by atoms with Gasteiger partial charge in [0.25, 0.3) is 0 Å². The van der Waals surface area contributed by atoms with Gasteiger partial charge in [-0.3, -0.25) is 14.4 Å². The topological polar surface area (TPSA) is 96.4 Å². The van der Waals surface area contributed by atoms with Crippen molar-refractivity contribution in [3.8, 4) is 0 Å². The average molecular weight is 604 g/mol. The SMILES string of the molecule is C=CCCCOC(=O)[C@H]1[C@@H]2OC3(CC2Br)C(C(=O)N(CC=C)C(C)(C)C)N([C@H](CO)c2ccccc2)C(=O)[C@H]13. The number of ether oxygens (including phenoxy) is 2. The zero-order valence-corrected chi connectivity index (χ0v) is 24.5. The molecule has 2 bridgehead atoms. The molecule has 0 aliphatic carbocycles. The second-order valence-corrected chi connectivity index (χ2v) is 12.7. The van der Waals surface area contributed by atoms with Crippen LogP contribution in [0.5, 0.6) is 0 Å². The molecule has 1 aromatic rings. The van der Waals surface area contributed by atoms with Crippen LogP contribution in [-0.2, 0) is 23.9 Å². The molecule has 212 valence electrons. The molecular weight excluding hydrogens is 564 g/mol. The van der Waals surface area contributed by atoms with E-state index in [2.05, 4.69) is 29.1 Å². The van der Waals surface area contributed by atoms with Gasteiger partial charge in [-0.1, -0.05) is 58.4 Å². The Morgan fingerprint density at radius 1 is 1.28 bits per heavy atom. The van der Waals surface area contributed by atoms with Crippen molar-refractivity contribution in [1.82, 2.24) is 9.80 Å². The van der Waals surface area contributed by atoms with Crippen LogP contribution in [0, 0.1) is 11.8 Å². The van der Waals surface area contributed by atoms with E-state index in [1.165, 1.54) is 4.90 Å². The lowest BCUT2D eigenvalue weighted by molar-refractivity contribution is -0.157. The second kappa shape index (κ2) is 11.6. The number of fused-ring (bicyclic) bond motifs is 1. The predicted octanol–water partition coefficient (Wildman–Crippen LogP) is 3.79. The Morgan fingerprint density at radius 3 is 2.56 bits per heavy atom.